The van der Waals surface area contributed by atoms with Crippen molar-refractivity contribution in [1.82, 2.24) is 4.90 Å². The van der Waals surface area contributed by atoms with E-state index < -0.39 is 12.1 Å². The molecule has 24 heavy (non-hydrogen) atoms. The summed E-state index contributed by atoms with van der Waals surface area (Å²) in [5.41, 5.74) is 0.298. The Kier molecular flexibility index (Phi) is 6.48. The summed E-state index contributed by atoms with van der Waals surface area (Å²) in [7, 11) is 1.53. The Morgan fingerprint density at radius 3 is 2.54 bits per heavy atom. The zero-order chi connectivity index (χ0) is 17.7. The topological polar surface area (TPSA) is 65.1 Å². The fraction of sp³-hybridized carbons (Fsp3) is 0.529. The molecule has 1 aliphatic rings. The Hall–Kier alpha value is -1.76. The van der Waals surface area contributed by atoms with Gasteiger partial charge < -0.3 is 19.1 Å². The molecular formula is C17H22BrNO5. The number of ether oxygens (including phenoxy) is 3. The molecule has 0 spiro atoms. The zero-order valence-electron chi connectivity index (χ0n) is 14.1. The number of amides is 1. The van der Waals surface area contributed by atoms with Gasteiger partial charge in [-0.2, -0.15) is 0 Å². The van der Waals surface area contributed by atoms with Gasteiger partial charge in [0.2, 0.25) is 0 Å². The zero-order valence-corrected chi connectivity index (χ0v) is 15.7. The third-order valence-corrected chi connectivity index (χ3v) is 4.39. The van der Waals surface area contributed by atoms with Crippen LogP contribution in [0.1, 0.15) is 37.0 Å². The van der Waals surface area contributed by atoms with E-state index in [4.69, 9.17) is 14.2 Å². The first-order chi connectivity index (χ1) is 11.5. The molecule has 1 saturated heterocycles. The lowest BCUT2D eigenvalue weighted by Crippen LogP contribution is -2.38. The van der Waals surface area contributed by atoms with Gasteiger partial charge in [-0.05, 0) is 54.8 Å². The van der Waals surface area contributed by atoms with Crippen LogP contribution < -0.4 is 9.47 Å². The molecule has 0 saturated carbocycles. The molecule has 1 heterocycles. The van der Waals surface area contributed by atoms with Crippen molar-refractivity contribution in [2.45, 2.75) is 32.8 Å². The number of esters is 1. The number of halogens is 1. The van der Waals surface area contributed by atoms with Crippen molar-refractivity contribution in [3.05, 3.63) is 22.2 Å². The number of nitrogens with zero attached hydrogens (tertiary/aromatic N) is 1. The highest BCUT2D eigenvalue weighted by Crippen LogP contribution is 2.36. The van der Waals surface area contributed by atoms with E-state index in [2.05, 4.69) is 15.9 Å². The van der Waals surface area contributed by atoms with E-state index in [1.54, 1.807) is 24.0 Å². The molecule has 0 unspecified atom stereocenters. The van der Waals surface area contributed by atoms with Gasteiger partial charge in [0, 0.05) is 13.1 Å². The minimum absolute atomic E-state index is 0.154. The van der Waals surface area contributed by atoms with Gasteiger partial charge >= 0.3 is 5.97 Å². The lowest BCUT2D eigenvalue weighted by molar-refractivity contribution is -0.138. The molecule has 7 heteroatoms. The van der Waals surface area contributed by atoms with Crippen molar-refractivity contribution in [3.8, 4) is 11.5 Å². The SMILES string of the molecule is CCOc1cc(C(=O)O[C@H](C)C(=O)N2CCCC2)cc(Br)c1OC. The maximum absolute atomic E-state index is 12.4. The average Bonchev–Trinajstić information content (AvgIpc) is 3.08. The quantitative estimate of drug-likeness (QED) is 0.687. The number of hydrogen-bond acceptors (Lipinski definition) is 5. The van der Waals surface area contributed by atoms with Crippen LogP contribution in [0, 0.1) is 0 Å². The van der Waals surface area contributed by atoms with Gasteiger partial charge in [0.1, 0.15) is 0 Å². The maximum Gasteiger partial charge on any atom is 0.339 e. The molecule has 1 aromatic rings. The lowest BCUT2D eigenvalue weighted by Gasteiger charge is -2.20. The van der Waals surface area contributed by atoms with E-state index in [0.29, 0.717) is 28.1 Å². The molecule has 0 N–H and O–H groups in total. The van der Waals surface area contributed by atoms with Crippen molar-refractivity contribution in [2.75, 3.05) is 26.8 Å². The minimum atomic E-state index is -0.813. The molecule has 0 bridgehead atoms. The number of carbonyl (C=O) groups is 2. The average molecular weight is 400 g/mol. The number of carbonyl (C=O) groups excluding carboxylic acids is 2. The van der Waals surface area contributed by atoms with Crippen LogP contribution >= 0.6 is 15.9 Å². The highest BCUT2D eigenvalue weighted by Gasteiger charge is 2.27. The molecule has 6 nitrogen and oxygen atoms in total. The summed E-state index contributed by atoms with van der Waals surface area (Å²) in [5, 5.41) is 0. The van der Waals surface area contributed by atoms with Crippen LogP contribution in [0.5, 0.6) is 11.5 Å². The summed E-state index contributed by atoms with van der Waals surface area (Å²) in [6, 6.07) is 3.15. The number of hydrogen-bond donors (Lipinski definition) is 0. The summed E-state index contributed by atoms with van der Waals surface area (Å²) in [4.78, 5) is 26.3. The van der Waals surface area contributed by atoms with E-state index in [1.807, 2.05) is 6.92 Å². The third kappa shape index (κ3) is 4.20. The molecule has 0 aliphatic carbocycles. The van der Waals surface area contributed by atoms with Gasteiger partial charge in [0.25, 0.3) is 5.91 Å². The minimum Gasteiger partial charge on any atom is -0.492 e. The van der Waals surface area contributed by atoms with E-state index in [0.717, 1.165) is 25.9 Å². The number of methoxy groups -OCH3 is 1. The fourth-order valence-electron chi connectivity index (χ4n) is 2.62. The van der Waals surface area contributed by atoms with E-state index in [1.165, 1.54) is 7.11 Å². The van der Waals surface area contributed by atoms with Crippen molar-refractivity contribution in [1.29, 1.82) is 0 Å². The van der Waals surface area contributed by atoms with Gasteiger partial charge in [0.15, 0.2) is 17.6 Å². The molecule has 1 aliphatic heterocycles. The summed E-state index contributed by atoms with van der Waals surface area (Å²) in [6.07, 6.45) is 1.18. The standard InChI is InChI=1S/C17H22BrNO5/c1-4-23-14-10-12(9-13(18)15(14)22-3)17(21)24-11(2)16(20)19-7-5-6-8-19/h9-11H,4-8H2,1-3H3/t11-/m1/s1. The molecule has 2 rings (SSSR count). The van der Waals surface area contributed by atoms with E-state index in [9.17, 15) is 9.59 Å². The Balaban J connectivity index is 2.12. The van der Waals surface area contributed by atoms with Crippen LogP contribution in [0.3, 0.4) is 0 Å². The van der Waals surface area contributed by atoms with Gasteiger partial charge in [-0.15, -0.1) is 0 Å². The summed E-state index contributed by atoms with van der Waals surface area (Å²) < 4.78 is 16.7. The third-order valence-electron chi connectivity index (χ3n) is 3.80. The molecule has 1 amide bonds. The molecule has 0 radical (unpaired) electrons. The second-order valence-corrected chi connectivity index (χ2v) is 6.36. The Bertz CT molecular complexity index is 613. The largest absolute Gasteiger partial charge is 0.492 e. The first-order valence-corrected chi connectivity index (χ1v) is 8.77. The lowest BCUT2D eigenvalue weighted by atomic mass is 10.2. The van der Waals surface area contributed by atoms with Crippen LogP contribution in [0.4, 0.5) is 0 Å². The summed E-state index contributed by atoms with van der Waals surface area (Å²) in [6.45, 7) is 5.33. The van der Waals surface area contributed by atoms with Crippen molar-refractivity contribution in [2.24, 2.45) is 0 Å². The molecule has 1 atom stereocenters. The van der Waals surface area contributed by atoms with Crippen molar-refractivity contribution >= 4 is 27.8 Å². The van der Waals surface area contributed by atoms with Crippen LogP contribution in [0.15, 0.2) is 16.6 Å². The smallest absolute Gasteiger partial charge is 0.339 e. The summed E-state index contributed by atoms with van der Waals surface area (Å²) >= 11 is 3.36. The summed E-state index contributed by atoms with van der Waals surface area (Å²) in [5.74, 6) is 0.229. The normalized spacial score (nSPS) is 15.1. The molecule has 0 aromatic heterocycles. The van der Waals surface area contributed by atoms with Gasteiger partial charge in [0.05, 0.1) is 23.8 Å². The Morgan fingerprint density at radius 2 is 1.96 bits per heavy atom. The molecule has 1 fully saturated rings. The van der Waals surface area contributed by atoms with Crippen LogP contribution in [0.25, 0.3) is 0 Å². The van der Waals surface area contributed by atoms with Gasteiger partial charge in [-0.25, -0.2) is 4.79 Å². The number of rotatable bonds is 6. The number of benzene rings is 1. The fourth-order valence-corrected chi connectivity index (χ4v) is 3.22. The molecule has 1 aromatic carbocycles. The molecule has 132 valence electrons. The first kappa shape index (κ1) is 18.6. The monoisotopic (exact) mass is 399 g/mol. The highest BCUT2D eigenvalue weighted by molar-refractivity contribution is 9.10. The Labute approximate surface area is 150 Å². The van der Waals surface area contributed by atoms with Crippen LogP contribution in [-0.2, 0) is 9.53 Å². The van der Waals surface area contributed by atoms with Crippen molar-refractivity contribution < 1.29 is 23.8 Å². The van der Waals surface area contributed by atoms with Gasteiger partial charge in [-0.3, -0.25) is 4.79 Å². The van der Waals surface area contributed by atoms with Crippen molar-refractivity contribution in [3.63, 3.8) is 0 Å². The number of likely N-dealkylation sites (tertiary alicyclic amines) is 1. The van der Waals surface area contributed by atoms with E-state index in [-0.39, 0.29) is 5.91 Å². The first-order valence-electron chi connectivity index (χ1n) is 7.98. The predicted molar refractivity (Wildman–Crippen MR) is 92.6 cm³/mol. The van der Waals surface area contributed by atoms with Crippen LogP contribution in [-0.4, -0.2) is 49.7 Å². The highest BCUT2D eigenvalue weighted by atomic mass is 79.9. The van der Waals surface area contributed by atoms with Crippen LogP contribution in [0.2, 0.25) is 0 Å². The van der Waals surface area contributed by atoms with Gasteiger partial charge in [-0.1, -0.05) is 0 Å². The second kappa shape index (κ2) is 8.37. The Morgan fingerprint density at radius 1 is 1.29 bits per heavy atom. The maximum atomic E-state index is 12.4. The second-order valence-electron chi connectivity index (χ2n) is 5.50. The molecular weight excluding hydrogens is 378 g/mol. The van der Waals surface area contributed by atoms with E-state index >= 15 is 0 Å². The predicted octanol–water partition coefficient (Wildman–Crippen LogP) is 3.02.